The highest BCUT2D eigenvalue weighted by Crippen LogP contribution is 2.33. The second kappa shape index (κ2) is 5.07. The molecule has 3 rings (SSSR count). The van der Waals surface area contributed by atoms with Crippen molar-refractivity contribution in [1.29, 1.82) is 0 Å². The summed E-state index contributed by atoms with van der Waals surface area (Å²) in [5.41, 5.74) is -0.536. The largest absolute Gasteiger partial charge is 0.493 e. The standard InChI is InChI=1S/C15H15FN2O2/c16-11-8-4-3-7-10(11)12-14(19)17-13(18-15(12)20)9-5-1-2-6-9/h3-4,7-9H,1-2,5-6H2,(H2,17,18,19,20). The minimum absolute atomic E-state index is 0.0664. The number of hydrogen-bond donors (Lipinski definition) is 2. The van der Waals surface area contributed by atoms with Gasteiger partial charge in [0.05, 0.1) is 0 Å². The molecule has 0 unspecified atom stereocenters. The molecule has 1 saturated carbocycles. The van der Waals surface area contributed by atoms with Crippen LogP contribution in [0.15, 0.2) is 29.1 Å². The predicted molar refractivity (Wildman–Crippen MR) is 73.1 cm³/mol. The molecule has 0 spiro atoms. The lowest BCUT2D eigenvalue weighted by Gasteiger charge is -2.10. The van der Waals surface area contributed by atoms with Crippen LogP contribution in [-0.2, 0) is 0 Å². The number of halogens is 1. The topological polar surface area (TPSA) is 66.0 Å². The Morgan fingerprint density at radius 1 is 1.25 bits per heavy atom. The minimum Gasteiger partial charge on any atom is -0.493 e. The first-order valence-electron chi connectivity index (χ1n) is 6.75. The molecule has 1 aliphatic rings. The lowest BCUT2D eigenvalue weighted by Crippen LogP contribution is -2.16. The molecule has 1 aliphatic carbocycles. The summed E-state index contributed by atoms with van der Waals surface area (Å²) in [4.78, 5) is 18.9. The third-order valence-electron chi connectivity index (χ3n) is 3.80. The van der Waals surface area contributed by atoms with Crippen LogP contribution in [0.2, 0.25) is 0 Å². The van der Waals surface area contributed by atoms with E-state index in [1.807, 2.05) is 0 Å². The number of aromatic amines is 1. The molecule has 2 aromatic rings. The third kappa shape index (κ3) is 2.19. The summed E-state index contributed by atoms with van der Waals surface area (Å²) in [5, 5.41) is 10.0. The van der Waals surface area contributed by atoms with Crippen LogP contribution in [0.25, 0.3) is 11.1 Å². The molecule has 0 atom stereocenters. The molecule has 5 heteroatoms. The van der Waals surface area contributed by atoms with E-state index < -0.39 is 17.3 Å². The summed E-state index contributed by atoms with van der Waals surface area (Å²) < 4.78 is 13.7. The molecule has 1 fully saturated rings. The zero-order valence-electron chi connectivity index (χ0n) is 10.9. The molecule has 104 valence electrons. The quantitative estimate of drug-likeness (QED) is 0.884. The van der Waals surface area contributed by atoms with E-state index in [9.17, 15) is 14.3 Å². The van der Waals surface area contributed by atoms with Gasteiger partial charge in [0, 0.05) is 11.5 Å². The number of aromatic nitrogens is 2. The first-order valence-corrected chi connectivity index (χ1v) is 6.75. The number of aromatic hydroxyl groups is 1. The second-order valence-corrected chi connectivity index (χ2v) is 5.11. The van der Waals surface area contributed by atoms with Crippen LogP contribution in [0.3, 0.4) is 0 Å². The van der Waals surface area contributed by atoms with E-state index in [1.54, 1.807) is 6.07 Å². The number of nitrogens with zero attached hydrogens (tertiary/aromatic N) is 1. The Kier molecular flexibility index (Phi) is 3.26. The number of nitrogens with one attached hydrogen (secondary N) is 1. The normalized spacial score (nSPS) is 15.7. The van der Waals surface area contributed by atoms with Crippen LogP contribution < -0.4 is 5.56 Å². The lowest BCUT2D eigenvalue weighted by molar-refractivity contribution is 0.445. The van der Waals surface area contributed by atoms with Gasteiger partial charge in [-0.05, 0) is 18.9 Å². The molecule has 0 radical (unpaired) electrons. The van der Waals surface area contributed by atoms with Gasteiger partial charge in [0.25, 0.3) is 5.56 Å². The van der Waals surface area contributed by atoms with Gasteiger partial charge in [-0.2, -0.15) is 4.98 Å². The fourth-order valence-corrected chi connectivity index (χ4v) is 2.78. The van der Waals surface area contributed by atoms with Crippen LogP contribution in [-0.4, -0.2) is 15.1 Å². The molecule has 0 bridgehead atoms. The van der Waals surface area contributed by atoms with Gasteiger partial charge in [-0.3, -0.25) is 4.79 Å². The third-order valence-corrected chi connectivity index (χ3v) is 3.80. The Balaban J connectivity index is 2.10. The van der Waals surface area contributed by atoms with Crippen molar-refractivity contribution < 1.29 is 9.50 Å². The number of H-pyrrole nitrogens is 1. The Morgan fingerprint density at radius 3 is 2.60 bits per heavy atom. The first kappa shape index (κ1) is 12.8. The average Bonchev–Trinajstić information content (AvgIpc) is 2.94. The Hall–Kier alpha value is -2.17. The van der Waals surface area contributed by atoms with Crippen LogP contribution in [0, 0.1) is 5.82 Å². The lowest BCUT2D eigenvalue weighted by atomic mass is 10.1. The summed E-state index contributed by atoms with van der Waals surface area (Å²) in [6.45, 7) is 0. The second-order valence-electron chi connectivity index (χ2n) is 5.11. The van der Waals surface area contributed by atoms with E-state index in [2.05, 4.69) is 9.97 Å². The maximum atomic E-state index is 13.7. The summed E-state index contributed by atoms with van der Waals surface area (Å²) in [6.07, 6.45) is 4.12. The molecular weight excluding hydrogens is 259 g/mol. The van der Waals surface area contributed by atoms with Crippen molar-refractivity contribution in [2.45, 2.75) is 31.6 Å². The van der Waals surface area contributed by atoms with E-state index in [1.165, 1.54) is 18.2 Å². The zero-order valence-corrected chi connectivity index (χ0v) is 10.9. The molecule has 2 N–H and O–H groups in total. The molecule has 1 aromatic carbocycles. The highest BCUT2D eigenvalue weighted by Gasteiger charge is 2.23. The van der Waals surface area contributed by atoms with Gasteiger partial charge in [0.2, 0.25) is 5.88 Å². The predicted octanol–water partition coefficient (Wildman–Crippen LogP) is 2.94. The van der Waals surface area contributed by atoms with Crippen LogP contribution in [0.1, 0.15) is 37.4 Å². The molecule has 0 aliphatic heterocycles. The average molecular weight is 274 g/mol. The molecule has 1 heterocycles. The van der Waals surface area contributed by atoms with Crippen LogP contribution in [0.5, 0.6) is 5.88 Å². The van der Waals surface area contributed by atoms with E-state index in [0.717, 1.165) is 25.7 Å². The smallest absolute Gasteiger partial charge is 0.262 e. The summed E-state index contributed by atoms with van der Waals surface area (Å²) in [6, 6.07) is 5.85. The van der Waals surface area contributed by atoms with Gasteiger partial charge in [0.15, 0.2) is 0 Å². The molecule has 4 nitrogen and oxygen atoms in total. The van der Waals surface area contributed by atoms with Crippen LogP contribution in [0.4, 0.5) is 4.39 Å². The Labute approximate surface area is 115 Å². The minimum atomic E-state index is -0.552. The molecular formula is C15H15FN2O2. The maximum Gasteiger partial charge on any atom is 0.262 e. The fourth-order valence-electron chi connectivity index (χ4n) is 2.78. The van der Waals surface area contributed by atoms with Gasteiger partial charge >= 0.3 is 0 Å². The number of hydrogen-bond acceptors (Lipinski definition) is 3. The number of rotatable bonds is 2. The van der Waals surface area contributed by atoms with Gasteiger partial charge in [-0.25, -0.2) is 4.39 Å². The monoisotopic (exact) mass is 274 g/mol. The van der Waals surface area contributed by atoms with Crippen LogP contribution >= 0.6 is 0 Å². The summed E-state index contributed by atoms with van der Waals surface area (Å²) in [5.74, 6) is -0.266. The van der Waals surface area contributed by atoms with Crippen molar-refractivity contribution in [3.63, 3.8) is 0 Å². The van der Waals surface area contributed by atoms with Crippen molar-refractivity contribution in [2.24, 2.45) is 0 Å². The molecule has 1 aromatic heterocycles. The highest BCUT2D eigenvalue weighted by atomic mass is 19.1. The van der Waals surface area contributed by atoms with Crippen molar-refractivity contribution in [1.82, 2.24) is 9.97 Å². The first-order chi connectivity index (χ1) is 9.66. The van der Waals surface area contributed by atoms with Crippen molar-refractivity contribution in [2.75, 3.05) is 0 Å². The van der Waals surface area contributed by atoms with Gasteiger partial charge in [-0.15, -0.1) is 0 Å². The number of benzene rings is 1. The van der Waals surface area contributed by atoms with E-state index in [-0.39, 0.29) is 17.0 Å². The summed E-state index contributed by atoms with van der Waals surface area (Å²) >= 11 is 0. The van der Waals surface area contributed by atoms with E-state index in [0.29, 0.717) is 5.82 Å². The van der Waals surface area contributed by atoms with Gasteiger partial charge in [0.1, 0.15) is 17.2 Å². The SMILES string of the molecule is O=c1[nH]c(C2CCCC2)nc(O)c1-c1ccccc1F. The Bertz CT molecular complexity index is 691. The van der Waals surface area contributed by atoms with Crippen molar-refractivity contribution in [3.05, 3.63) is 46.3 Å². The van der Waals surface area contributed by atoms with Gasteiger partial charge in [-0.1, -0.05) is 31.0 Å². The van der Waals surface area contributed by atoms with E-state index in [4.69, 9.17) is 0 Å². The van der Waals surface area contributed by atoms with E-state index >= 15 is 0 Å². The fraction of sp³-hybridized carbons (Fsp3) is 0.333. The summed E-state index contributed by atoms with van der Waals surface area (Å²) in [7, 11) is 0. The zero-order chi connectivity index (χ0) is 14.1. The highest BCUT2D eigenvalue weighted by molar-refractivity contribution is 5.67. The molecule has 0 saturated heterocycles. The van der Waals surface area contributed by atoms with Gasteiger partial charge < -0.3 is 10.1 Å². The van der Waals surface area contributed by atoms with Crippen molar-refractivity contribution in [3.8, 4) is 17.0 Å². The molecule has 20 heavy (non-hydrogen) atoms. The molecule has 0 amide bonds. The van der Waals surface area contributed by atoms with Crippen molar-refractivity contribution >= 4 is 0 Å². The maximum absolute atomic E-state index is 13.7. The Morgan fingerprint density at radius 2 is 1.95 bits per heavy atom.